The fourth-order valence-electron chi connectivity index (χ4n) is 3.11. The van der Waals surface area contributed by atoms with Gasteiger partial charge >= 0.3 is 6.36 Å². The topological polar surface area (TPSA) is 61.5 Å². The van der Waals surface area contributed by atoms with Gasteiger partial charge in [-0.15, -0.1) is 23.4 Å². The molecular formula is C18H17F3N4O2. The first-order chi connectivity index (χ1) is 13.0. The number of fused-ring (bicyclic) bond motifs is 1. The van der Waals surface area contributed by atoms with Gasteiger partial charge in [-0.05, 0) is 55.7 Å². The largest absolute Gasteiger partial charge is 0.573 e. The van der Waals surface area contributed by atoms with Gasteiger partial charge in [-0.1, -0.05) is 0 Å². The van der Waals surface area contributed by atoms with Gasteiger partial charge in [-0.25, -0.2) is 0 Å². The molecule has 1 saturated heterocycles. The van der Waals surface area contributed by atoms with Gasteiger partial charge < -0.3 is 9.47 Å². The van der Waals surface area contributed by atoms with Crippen LogP contribution in [0.25, 0.3) is 16.9 Å². The molecule has 1 aliphatic heterocycles. The molecule has 6 nitrogen and oxygen atoms in total. The molecule has 1 aromatic carbocycles. The number of benzene rings is 1. The summed E-state index contributed by atoms with van der Waals surface area (Å²) >= 11 is 0. The molecule has 142 valence electrons. The molecule has 0 amide bonds. The van der Waals surface area contributed by atoms with Crippen LogP contribution in [-0.2, 0) is 11.2 Å². The Morgan fingerprint density at radius 1 is 1.07 bits per heavy atom. The minimum atomic E-state index is -4.71. The third kappa shape index (κ3) is 4.19. The van der Waals surface area contributed by atoms with Crippen LogP contribution in [-0.4, -0.2) is 38.9 Å². The maximum atomic E-state index is 12.3. The van der Waals surface area contributed by atoms with Crippen molar-refractivity contribution in [1.29, 1.82) is 0 Å². The predicted molar refractivity (Wildman–Crippen MR) is 90.2 cm³/mol. The molecule has 0 unspecified atom stereocenters. The average molecular weight is 378 g/mol. The summed E-state index contributed by atoms with van der Waals surface area (Å²) in [5.74, 6) is 0.433. The van der Waals surface area contributed by atoms with E-state index in [0.29, 0.717) is 29.1 Å². The predicted octanol–water partition coefficient (Wildman–Crippen LogP) is 3.80. The fraction of sp³-hybridized carbons (Fsp3) is 0.389. The highest BCUT2D eigenvalue weighted by Crippen LogP contribution is 2.26. The second-order valence-corrected chi connectivity index (χ2v) is 6.37. The van der Waals surface area contributed by atoms with Gasteiger partial charge in [0.25, 0.3) is 0 Å². The minimum absolute atomic E-state index is 0.107. The highest BCUT2D eigenvalue weighted by Gasteiger charge is 2.31. The molecule has 0 radical (unpaired) electrons. The lowest BCUT2D eigenvalue weighted by atomic mass is 10.1. The van der Waals surface area contributed by atoms with Crippen molar-refractivity contribution in [3.8, 4) is 17.0 Å². The van der Waals surface area contributed by atoms with Crippen molar-refractivity contribution >= 4 is 5.65 Å². The molecule has 27 heavy (non-hydrogen) atoms. The van der Waals surface area contributed by atoms with E-state index >= 15 is 0 Å². The summed E-state index contributed by atoms with van der Waals surface area (Å²) < 4.78 is 48.1. The van der Waals surface area contributed by atoms with Crippen LogP contribution in [0.2, 0.25) is 0 Å². The van der Waals surface area contributed by atoms with E-state index in [9.17, 15) is 13.2 Å². The number of hydrogen-bond donors (Lipinski definition) is 0. The summed E-state index contributed by atoms with van der Waals surface area (Å²) in [6.07, 6.45) is -0.793. The summed E-state index contributed by atoms with van der Waals surface area (Å²) in [5.41, 5.74) is 1.88. The number of ether oxygens (including phenoxy) is 2. The molecule has 0 spiro atoms. The molecule has 0 aliphatic carbocycles. The van der Waals surface area contributed by atoms with Gasteiger partial charge in [-0.2, -0.15) is 9.61 Å². The Hall–Kier alpha value is -2.68. The molecule has 1 fully saturated rings. The van der Waals surface area contributed by atoms with Gasteiger partial charge in [0.1, 0.15) is 5.75 Å². The van der Waals surface area contributed by atoms with Gasteiger partial charge in [0, 0.05) is 18.6 Å². The van der Waals surface area contributed by atoms with Crippen molar-refractivity contribution in [2.24, 2.45) is 0 Å². The number of hydrogen-bond acceptors (Lipinski definition) is 5. The summed E-state index contributed by atoms with van der Waals surface area (Å²) in [6.45, 7) is 0.756. The minimum Gasteiger partial charge on any atom is -0.406 e. The lowest BCUT2D eigenvalue weighted by Gasteiger charge is -2.21. The zero-order chi connectivity index (χ0) is 18.9. The first-order valence-corrected chi connectivity index (χ1v) is 8.67. The van der Waals surface area contributed by atoms with Crippen LogP contribution in [0.3, 0.4) is 0 Å². The van der Waals surface area contributed by atoms with Crippen LogP contribution >= 0.6 is 0 Å². The molecule has 3 aromatic rings. The zero-order valence-corrected chi connectivity index (χ0v) is 14.3. The fourth-order valence-corrected chi connectivity index (χ4v) is 3.11. The van der Waals surface area contributed by atoms with Crippen molar-refractivity contribution in [1.82, 2.24) is 19.8 Å². The Bertz CT molecular complexity index is 918. The first kappa shape index (κ1) is 17.7. The lowest BCUT2D eigenvalue weighted by molar-refractivity contribution is -0.274. The number of rotatable bonds is 4. The molecular weight excluding hydrogens is 361 g/mol. The highest BCUT2D eigenvalue weighted by atomic mass is 19.4. The molecule has 4 rings (SSSR count). The van der Waals surface area contributed by atoms with E-state index in [1.54, 1.807) is 16.6 Å². The Balaban J connectivity index is 1.58. The third-order valence-corrected chi connectivity index (χ3v) is 4.40. The van der Waals surface area contributed by atoms with Crippen LogP contribution in [0.5, 0.6) is 5.75 Å². The number of halogens is 3. The average Bonchev–Trinajstić information content (AvgIpc) is 3.04. The molecule has 1 atom stereocenters. The van der Waals surface area contributed by atoms with Crippen molar-refractivity contribution in [2.75, 3.05) is 6.61 Å². The van der Waals surface area contributed by atoms with E-state index in [0.717, 1.165) is 25.9 Å². The standard InChI is InChI=1S/C18H17F3N4O2/c19-18(20,21)27-13-6-4-12(5-7-13)15-8-9-16-22-23-17(25(16)24-15)11-14-3-1-2-10-26-14/h4-9,14H,1-3,10-11H2/t14-/m1/s1. The molecule has 1 aliphatic rings. The Labute approximate surface area is 152 Å². The van der Waals surface area contributed by atoms with Crippen molar-refractivity contribution < 1.29 is 22.6 Å². The Morgan fingerprint density at radius 3 is 2.59 bits per heavy atom. The quantitative estimate of drug-likeness (QED) is 0.691. The Kier molecular flexibility index (Phi) is 4.69. The lowest BCUT2D eigenvalue weighted by Crippen LogP contribution is -2.22. The van der Waals surface area contributed by atoms with Crippen LogP contribution in [0.15, 0.2) is 36.4 Å². The van der Waals surface area contributed by atoms with Gasteiger partial charge in [0.2, 0.25) is 0 Å². The van der Waals surface area contributed by atoms with E-state index in [1.165, 1.54) is 24.3 Å². The molecule has 0 N–H and O–H groups in total. The zero-order valence-electron chi connectivity index (χ0n) is 14.3. The third-order valence-electron chi connectivity index (χ3n) is 4.40. The second kappa shape index (κ2) is 7.15. The van der Waals surface area contributed by atoms with Crippen molar-refractivity contribution in [3.05, 3.63) is 42.2 Å². The second-order valence-electron chi connectivity index (χ2n) is 6.37. The molecule has 9 heteroatoms. The monoisotopic (exact) mass is 378 g/mol. The van der Waals surface area contributed by atoms with Crippen molar-refractivity contribution in [3.63, 3.8) is 0 Å². The van der Waals surface area contributed by atoms with Crippen LogP contribution in [0.1, 0.15) is 25.1 Å². The maximum Gasteiger partial charge on any atom is 0.573 e. The Morgan fingerprint density at radius 2 is 1.89 bits per heavy atom. The first-order valence-electron chi connectivity index (χ1n) is 8.67. The summed E-state index contributed by atoms with van der Waals surface area (Å²) in [4.78, 5) is 0. The van der Waals surface area contributed by atoms with Gasteiger partial charge in [0.05, 0.1) is 11.8 Å². The van der Waals surface area contributed by atoms with Crippen LogP contribution in [0.4, 0.5) is 13.2 Å². The molecule has 0 saturated carbocycles. The van der Waals surface area contributed by atoms with Gasteiger partial charge in [0.15, 0.2) is 11.5 Å². The van der Waals surface area contributed by atoms with E-state index in [1.807, 2.05) is 0 Å². The SMILES string of the molecule is FC(F)(F)Oc1ccc(-c2ccc3nnc(C[C@H]4CCCCO4)n3n2)cc1. The summed E-state index contributed by atoms with van der Waals surface area (Å²) in [6, 6.07) is 9.12. The number of alkyl halides is 3. The van der Waals surface area contributed by atoms with E-state index < -0.39 is 6.36 Å². The molecule has 2 aromatic heterocycles. The normalized spacial score (nSPS) is 18.0. The highest BCUT2D eigenvalue weighted by molar-refractivity contribution is 5.61. The molecule has 3 heterocycles. The maximum absolute atomic E-state index is 12.3. The number of nitrogens with zero attached hydrogens (tertiary/aromatic N) is 4. The van der Waals surface area contributed by atoms with E-state index in [4.69, 9.17) is 4.74 Å². The van der Waals surface area contributed by atoms with Gasteiger partial charge in [-0.3, -0.25) is 0 Å². The van der Waals surface area contributed by atoms with Crippen LogP contribution in [0, 0.1) is 0 Å². The van der Waals surface area contributed by atoms with Crippen molar-refractivity contribution in [2.45, 2.75) is 38.1 Å². The van der Waals surface area contributed by atoms with Crippen LogP contribution < -0.4 is 4.74 Å². The van der Waals surface area contributed by atoms with E-state index in [2.05, 4.69) is 20.0 Å². The summed E-state index contributed by atoms with van der Waals surface area (Å²) in [5, 5.41) is 12.9. The smallest absolute Gasteiger partial charge is 0.406 e. The molecule has 0 bridgehead atoms. The van der Waals surface area contributed by atoms with E-state index in [-0.39, 0.29) is 11.9 Å². The summed E-state index contributed by atoms with van der Waals surface area (Å²) in [7, 11) is 0. The number of aromatic nitrogens is 4.